The first-order valence-electron chi connectivity index (χ1n) is 8.24. The van der Waals surface area contributed by atoms with Crippen molar-refractivity contribution in [3.05, 3.63) is 84.1 Å². The molecule has 2 unspecified atom stereocenters. The molecule has 0 saturated carbocycles. The van der Waals surface area contributed by atoms with Crippen LogP contribution in [0.3, 0.4) is 0 Å². The van der Waals surface area contributed by atoms with Crippen molar-refractivity contribution in [1.82, 2.24) is 4.40 Å². The van der Waals surface area contributed by atoms with E-state index >= 15 is 0 Å². The molecule has 23 heavy (non-hydrogen) atoms. The van der Waals surface area contributed by atoms with E-state index in [-0.39, 0.29) is 0 Å². The standard InChI is InChI=1S/C22H15N/c1-2-7-15-14(6-1)12-13-19-18-10-5-9-17-16-8-3-4-11-20(16)23(21(15)19)22(17)18/h1-15H. The molecule has 6 rings (SSSR count). The van der Waals surface area contributed by atoms with Crippen molar-refractivity contribution in [2.24, 2.45) is 5.92 Å². The van der Waals surface area contributed by atoms with Crippen LogP contribution < -0.4 is 0 Å². The van der Waals surface area contributed by atoms with Crippen molar-refractivity contribution in [3.63, 3.8) is 0 Å². The summed E-state index contributed by atoms with van der Waals surface area (Å²) in [7, 11) is 0. The number of rotatable bonds is 0. The lowest BCUT2D eigenvalue weighted by atomic mass is 9.80. The molecule has 0 bridgehead atoms. The number of para-hydroxylation sites is 2. The van der Waals surface area contributed by atoms with E-state index in [1.807, 2.05) is 0 Å². The molecule has 0 aliphatic heterocycles. The van der Waals surface area contributed by atoms with Gasteiger partial charge in [-0.05, 0) is 6.07 Å². The van der Waals surface area contributed by atoms with Crippen LogP contribution in [0.5, 0.6) is 0 Å². The van der Waals surface area contributed by atoms with Gasteiger partial charge in [0.25, 0.3) is 0 Å². The summed E-state index contributed by atoms with van der Waals surface area (Å²) in [6.45, 7) is 0. The molecule has 0 spiro atoms. The number of aromatic nitrogens is 1. The van der Waals surface area contributed by atoms with E-state index in [0.29, 0.717) is 11.8 Å². The molecule has 2 aromatic carbocycles. The minimum atomic E-state index is 0.436. The van der Waals surface area contributed by atoms with Crippen molar-refractivity contribution in [3.8, 4) is 0 Å². The second-order valence-corrected chi connectivity index (χ2v) is 6.59. The van der Waals surface area contributed by atoms with Crippen LogP contribution in [-0.4, -0.2) is 4.40 Å². The van der Waals surface area contributed by atoms with Gasteiger partial charge in [-0.1, -0.05) is 72.9 Å². The average Bonchev–Trinajstić information content (AvgIpc) is 3.13. The van der Waals surface area contributed by atoms with Gasteiger partial charge in [-0.2, -0.15) is 0 Å². The van der Waals surface area contributed by atoms with Gasteiger partial charge in [0, 0.05) is 39.3 Å². The molecule has 108 valence electrons. The predicted octanol–water partition coefficient (Wildman–Crippen LogP) is 5.54. The van der Waals surface area contributed by atoms with Crippen molar-refractivity contribution < 1.29 is 0 Å². The fraction of sp³-hybridized carbons (Fsp3) is 0.0909. The lowest BCUT2D eigenvalue weighted by Gasteiger charge is -2.26. The van der Waals surface area contributed by atoms with E-state index in [1.54, 1.807) is 0 Å². The van der Waals surface area contributed by atoms with E-state index in [9.17, 15) is 0 Å². The van der Waals surface area contributed by atoms with Gasteiger partial charge in [0.1, 0.15) is 0 Å². The fourth-order valence-corrected chi connectivity index (χ4v) is 4.54. The molecule has 0 N–H and O–H groups in total. The highest BCUT2D eigenvalue weighted by atomic mass is 14.9. The molecule has 1 nitrogen and oxygen atoms in total. The Morgan fingerprint density at radius 3 is 2.57 bits per heavy atom. The Morgan fingerprint density at radius 2 is 1.57 bits per heavy atom. The summed E-state index contributed by atoms with van der Waals surface area (Å²) in [4.78, 5) is 0. The van der Waals surface area contributed by atoms with Gasteiger partial charge in [0.2, 0.25) is 0 Å². The zero-order valence-corrected chi connectivity index (χ0v) is 12.6. The van der Waals surface area contributed by atoms with Gasteiger partial charge < -0.3 is 4.40 Å². The minimum Gasteiger partial charge on any atom is -0.311 e. The van der Waals surface area contributed by atoms with Gasteiger partial charge >= 0.3 is 0 Å². The highest BCUT2D eigenvalue weighted by Gasteiger charge is 2.30. The molecule has 2 aliphatic rings. The summed E-state index contributed by atoms with van der Waals surface area (Å²) >= 11 is 0. The Hall–Kier alpha value is -2.80. The van der Waals surface area contributed by atoms with Gasteiger partial charge in [-0.25, -0.2) is 0 Å². The Labute approximate surface area is 134 Å². The SMILES string of the molecule is C1=CC2C=Cc3c(n4c5ccccc5c5cccc3c54)C2C=C1. The van der Waals surface area contributed by atoms with Crippen LogP contribution in [0.1, 0.15) is 17.2 Å². The molecule has 2 aliphatic carbocycles. The molecule has 0 fully saturated rings. The second kappa shape index (κ2) is 3.94. The van der Waals surface area contributed by atoms with Crippen LogP contribution in [-0.2, 0) is 0 Å². The third-order valence-electron chi connectivity index (χ3n) is 5.48. The molecule has 0 amide bonds. The predicted molar refractivity (Wildman–Crippen MR) is 97.1 cm³/mol. The van der Waals surface area contributed by atoms with Crippen molar-refractivity contribution >= 4 is 33.3 Å². The van der Waals surface area contributed by atoms with Crippen LogP contribution >= 0.6 is 0 Å². The quantitative estimate of drug-likeness (QED) is 0.401. The molecule has 2 atom stereocenters. The Morgan fingerprint density at radius 1 is 0.739 bits per heavy atom. The van der Waals surface area contributed by atoms with E-state index in [1.165, 1.54) is 38.4 Å². The highest BCUT2D eigenvalue weighted by molar-refractivity contribution is 6.16. The Kier molecular flexibility index (Phi) is 2.01. The zero-order chi connectivity index (χ0) is 15.0. The lowest BCUT2D eigenvalue weighted by molar-refractivity contribution is 0.670. The van der Waals surface area contributed by atoms with E-state index in [2.05, 4.69) is 83.3 Å². The third kappa shape index (κ3) is 1.30. The molecular weight excluding hydrogens is 278 g/mol. The summed E-state index contributed by atoms with van der Waals surface area (Å²) in [5, 5.41) is 4.11. The summed E-state index contributed by atoms with van der Waals surface area (Å²) < 4.78 is 2.51. The number of allylic oxidation sites excluding steroid dienone is 5. The first-order chi connectivity index (χ1) is 11.4. The fourth-order valence-electron chi connectivity index (χ4n) is 4.54. The number of fused-ring (bicyclic) bond motifs is 8. The number of hydrogen-bond acceptors (Lipinski definition) is 0. The van der Waals surface area contributed by atoms with Gasteiger partial charge in [0.05, 0.1) is 11.0 Å². The second-order valence-electron chi connectivity index (χ2n) is 6.59. The Balaban J connectivity index is 1.90. The maximum atomic E-state index is 2.51. The highest BCUT2D eigenvalue weighted by Crippen LogP contribution is 2.46. The van der Waals surface area contributed by atoms with Crippen molar-refractivity contribution in [1.29, 1.82) is 0 Å². The monoisotopic (exact) mass is 293 g/mol. The van der Waals surface area contributed by atoms with E-state index in [0.717, 1.165) is 0 Å². The van der Waals surface area contributed by atoms with Crippen molar-refractivity contribution in [2.75, 3.05) is 0 Å². The number of nitrogens with zero attached hydrogens (tertiary/aromatic N) is 1. The number of hydrogen-bond donors (Lipinski definition) is 0. The summed E-state index contributed by atoms with van der Waals surface area (Å²) in [5.74, 6) is 0.913. The summed E-state index contributed by atoms with van der Waals surface area (Å²) in [5.41, 5.74) is 5.56. The summed E-state index contributed by atoms with van der Waals surface area (Å²) in [6, 6.07) is 15.5. The topological polar surface area (TPSA) is 4.41 Å². The van der Waals surface area contributed by atoms with Crippen molar-refractivity contribution in [2.45, 2.75) is 5.92 Å². The Bertz CT molecular complexity index is 1170. The van der Waals surface area contributed by atoms with E-state index < -0.39 is 0 Å². The maximum absolute atomic E-state index is 2.51. The largest absolute Gasteiger partial charge is 0.311 e. The first kappa shape index (κ1) is 11.7. The van der Waals surface area contributed by atoms with Gasteiger partial charge in [-0.15, -0.1) is 0 Å². The van der Waals surface area contributed by atoms with Crippen LogP contribution in [0, 0.1) is 5.92 Å². The lowest BCUT2D eigenvalue weighted by Crippen LogP contribution is -2.14. The maximum Gasteiger partial charge on any atom is 0.0617 e. The minimum absolute atomic E-state index is 0.436. The number of benzene rings is 2. The average molecular weight is 293 g/mol. The smallest absolute Gasteiger partial charge is 0.0617 e. The molecule has 2 heterocycles. The molecule has 0 radical (unpaired) electrons. The third-order valence-corrected chi connectivity index (χ3v) is 5.48. The van der Waals surface area contributed by atoms with Crippen LogP contribution in [0.15, 0.2) is 72.8 Å². The molecule has 1 heteroatoms. The zero-order valence-electron chi connectivity index (χ0n) is 12.6. The normalized spacial score (nSPS) is 22.3. The molecule has 0 saturated heterocycles. The van der Waals surface area contributed by atoms with Crippen LogP contribution in [0.4, 0.5) is 0 Å². The van der Waals surface area contributed by atoms with Gasteiger partial charge in [0.15, 0.2) is 0 Å². The van der Waals surface area contributed by atoms with Crippen LogP contribution in [0.25, 0.3) is 33.3 Å². The molecule has 2 aromatic heterocycles. The molecule has 4 aromatic rings. The van der Waals surface area contributed by atoms with Crippen LogP contribution in [0.2, 0.25) is 0 Å². The van der Waals surface area contributed by atoms with E-state index in [4.69, 9.17) is 0 Å². The molecular formula is C22H15N. The first-order valence-corrected chi connectivity index (χ1v) is 8.24. The summed E-state index contributed by atoms with van der Waals surface area (Å²) in [6.07, 6.45) is 13.7. The van der Waals surface area contributed by atoms with Gasteiger partial charge in [-0.3, -0.25) is 0 Å².